The molecule has 2 rings (SSSR count). The van der Waals surface area contributed by atoms with Gasteiger partial charge in [-0.15, -0.1) is 0 Å². The van der Waals surface area contributed by atoms with Gasteiger partial charge in [0.25, 0.3) is 0 Å². The van der Waals surface area contributed by atoms with Crippen LogP contribution in [0, 0.1) is 0 Å². The maximum absolute atomic E-state index is 2.57. The highest BCUT2D eigenvalue weighted by Gasteiger charge is 2.17. The summed E-state index contributed by atoms with van der Waals surface area (Å²) in [5.74, 6) is 0. The molecular formula is C15H24N2. The van der Waals surface area contributed by atoms with Crippen LogP contribution in [-0.4, -0.2) is 37.6 Å². The molecule has 0 unspecified atom stereocenters. The number of piperazine rings is 1. The minimum atomic E-state index is 1.13. The van der Waals surface area contributed by atoms with Crippen molar-refractivity contribution in [2.45, 2.75) is 26.7 Å². The fourth-order valence-electron chi connectivity index (χ4n) is 2.65. The smallest absolute Gasteiger partial charge is 0.0399 e. The molecule has 2 heteroatoms. The van der Waals surface area contributed by atoms with Gasteiger partial charge in [-0.3, -0.25) is 4.90 Å². The molecule has 1 saturated heterocycles. The normalized spacial score (nSPS) is 17.4. The lowest BCUT2D eigenvalue weighted by atomic mass is 10.1. The Bertz CT molecular complexity index is 341. The van der Waals surface area contributed by atoms with Gasteiger partial charge in [-0.1, -0.05) is 32.0 Å². The van der Waals surface area contributed by atoms with Crippen LogP contribution in [0.4, 0.5) is 5.69 Å². The predicted molar refractivity (Wildman–Crippen MR) is 74.8 cm³/mol. The summed E-state index contributed by atoms with van der Waals surface area (Å²) in [6.07, 6.45) is 2.40. The molecule has 0 N–H and O–H groups in total. The van der Waals surface area contributed by atoms with Gasteiger partial charge in [0.1, 0.15) is 0 Å². The molecule has 1 aliphatic rings. The predicted octanol–water partition coefficient (Wildman–Crippen LogP) is 2.78. The Hall–Kier alpha value is -1.02. The zero-order valence-electron chi connectivity index (χ0n) is 11.2. The Morgan fingerprint density at radius 3 is 2.35 bits per heavy atom. The summed E-state index contributed by atoms with van der Waals surface area (Å²) < 4.78 is 0. The topological polar surface area (TPSA) is 6.48 Å². The molecule has 1 heterocycles. The summed E-state index contributed by atoms with van der Waals surface area (Å²) in [5.41, 5.74) is 2.93. The van der Waals surface area contributed by atoms with Gasteiger partial charge >= 0.3 is 0 Å². The number of rotatable bonds is 4. The molecule has 94 valence electrons. The summed E-state index contributed by atoms with van der Waals surface area (Å²) in [7, 11) is 0. The minimum absolute atomic E-state index is 1.13. The van der Waals surface area contributed by atoms with Crippen molar-refractivity contribution >= 4 is 5.69 Å². The molecule has 0 saturated carbocycles. The lowest BCUT2D eigenvalue weighted by Crippen LogP contribution is -2.46. The molecular weight excluding hydrogens is 208 g/mol. The number of aryl methyl sites for hydroxylation is 1. The summed E-state index contributed by atoms with van der Waals surface area (Å²) >= 11 is 0. The molecule has 1 aromatic carbocycles. The van der Waals surface area contributed by atoms with Crippen LogP contribution in [0.15, 0.2) is 24.3 Å². The van der Waals surface area contributed by atoms with E-state index in [1.54, 1.807) is 0 Å². The van der Waals surface area contributed by atoms with Gasteiger partial charge in [0.05, 0.1) is 0 Å². The van der Waals surface area contributed by atoms with E-state index in [9.17, 15) is 0 Å². The Kier molecular flexibility index (Phi) is 4.43. The third kappa shape index (κ3) is 3.01. The van der Waals surface area contributed by atoms with Crippen molar-refractivity contribution in [2.75, 3.05) is 37.6 Å². The van der Waals surface area contributed by atoms with Gasteiger partial charge in [0.15, 0.2) is 0 Å². The highest BCUT2D eigenvalue weighted by atomic mass is 15.3. The van der Waals surface area contributed by atoms with Crippen molar-refractivity contribution in [1.29, 1.82) is 0 Å². The molecule has 0 aliphatic carbocycles. The number of para-hydroxylation sites is 1. The molecule has 1 aromatic rings. The minimum Gasteiger partial charge on any atom is -0.369 e. The van der Waals surface area contributed by atoms with Crippen LogP contribution in [0.1, 0.15) is 25.8 Å². The van der Waals surface area contributed by atoms with E-state index in [1.165, 1.54) is 50.4 Å². The zero-order chi connectivity index (χ0) is 12.1. The third-order valence-electron chi connectivity index (χ3n) is 3.63. The second-order valence-electron chi connectivity index (χ2n) is 4.81. The molecule has 0 radical (unpaired) electrons. The van der Waals surface area contributed by atoms with Gasteiger partial charge < -0.3 is 4.90 Å². The molecule has 0 spiro atoms. The summed E-state index contributed by atoms with van der Waals surface area (Å²) in [5, 5.41) is 0. The lowest BCUT2D eigenvalue weighted by molar-refractivity contribution is 0.258. The number of anilines is 1. The van der Waals surface area contributed by atoms with Gasteiger partial charge in [-0.25, -0.2) is 0 Å². The maximum atomic E-state index is 2.57. The van der Waals surface area contributed by atoms with E-state index in [1.807, 2.05) is 0 Å². The quantitative estimate of drug-likeness (QED) is 0.787. The van der Waals surface area contributed by atoms with E-state index in [-0.39, 0.29) is 0 Å². The van der Waals surface area contributed by atoms with Crippen molar-refractivity contribution in [3.63, 3.8) is 0 Å². The Morgan fingerprint density at radius 2 is 1.71 bits per heavy atom. The Labute approximate surface area is 105 Å². The lowest BCUT2D eigenvalue weighted by Gasteiger charge is -2.36. The van der Waals surface area contributed by atoms with E-state index in [4.69, 9.17) is 0 Å². The molecule has 1 fully saturated rings. The van der Waals surface area contributed by atoms with Crippen molar-refractivity contribution in [2.24, 2.45) is 0 Å². The molecule has 0 bridgehead atoms. The molecule has 17 heavy (non-hydrogen) atoms. The van der Waals surface area contributed by atoms with E-state index >= 15 is 0 Å². The van der Waals surface area contributed by atoms with Gasteiger partial charge in [0, 0.05) is 31.9 Å². The highest BCUT2D eigenvalue weighted by Crippen LogP contribution is 2.22. The van der Waals surface area contributed by atoms with Gasteiger partial charge in [0.2, 0.25) is 0 Å². The summed E-state index contributed by atoms with van der Waals surface area (Å²) in [6.45, 7) is 10.5. The standard InChI is InChI=1S/C15H24N2/c1-3-9-16-10-12-17(13-11-16)15-8-6-5-7-14(15)4-2/h5-8H,3-4,9-13H2,1-2H3. The van der Waals surface area contributed by atoms with Crippen LogP contribution in [0.3, 0.4) is 0 Å². The Morgan fingerprint density at radius 1 is 1.00 bits per heavy atom. The van der Waals surface area contributed by atoms with Crippen LogP contribution < -0.4 is 4.90 Å². The zero-order valence-corrected chi connectivity index (χ0v) is 11.2. The largest absolute Gasteiger partial charge is 0.369 e. The average Bonchev–Trinajstić information content (AvgIpc) is 2.40. The van der Waals surface area contributed by atoms with Crippen LogP contribution in [0.25, 0.3) is 0 Å². The van der Waals surface area contributed by atoms with E-state index in [2.05, 4.69) is 47.9 Å². The molecule has 0 amide bonds. The van der Waals surface area contributed by atoms with Crippen molar-refractivity contribution in [1.82, 2.24) is 4.90 Å². The van der Waals surface area contributed by atoms with Gasteiger partial charge in [-0.05, 0) is 31.0 Å². The van der Waals surface area contributed by atoms with E-state index in [0.29, 0.717) is 0 Å². The SMILES string of the molecule is CCCN1CCN(c2ccccc2CC)CC1. The van der Waals surface area contributed by atoms with Crippen molar-refractivity contribution in [3.8, 4) is 0 Å². The first-order chi connectivity index (χ1) is 8.35. The molecule has 2 nitrogen and oxygen atoms in total. The fourth-order valence-corrected chi connectivity index (χ4v) is 2.65. The summed E-state index contributed by atoms with van der Waals surface area (Å²) in [6, 6.07) is 8.84. The highest BCUT2D eigenvalue weighted by molar-refractivity contribution is 5.54. The monoisotopic (exact) mass is 232 g/mol. The van der Waals surface area contributed by atoms with Crippen LogP contribution in [0.5, 0.6) is 0 Å². The molecule has 0 aromatic heterocycles. The van der Waals surface area contributed by atoms with Gasteiger partial charge in [-0.2, -0.15) is 0 Å². The number of benzene rings is 1. The number of nitrogens with zero attached hydrogens (tertiary/aromatic N) is 2. The second-order valence-corrected chi connectivity index (χ2v) is 4.81. The molecule has 1 aliphatic heterocycles. The van der Waals surface area contributed by atoms with Crippen LogP contribution in [-0.2, 0) is 6.42 Å². The van der Waals surface area contributed by atoms with Crippen molar-refractivity contribution in [3.05, 3.63) is 29.8 Å². The average molecular weight is 232 g/mol. The number of hydrogen-bond donors (Lipinski definition) is 0. The first-order valence-corrected chi connectivity index (χ1v) is 6.90. The van der Waals surface area contributed by atoms with Crippen molar-refractivity contribution < 1.29 is 0 Å². The van der Waals surface area contributed by atoms with Crippen LogP contribution >= 0.6 is 0 Å². The van der Waals surface area contributed by atoms with Crippen LogP contribution in [0.2, 0.25) is 0 Å². The first kappa shape index (κ1) is 12.4. The van der Waals surface area contributed by atoms with E-state index in [0.717, 1.165) is 6.42 Å². The second kappa shape index (κ2) is 6.06. The third-order valence-corrected chi connectivity index (χ3v) is 3.63. The van der Waals surface area contributed by atoms with E-state index < -0.39 is 0 Å². The Balaban J connectivity index is 2.00. The number of hydrogen-bond acceptors (Lipinski definition) is 2. The molecule has 0 atom stereocenters. The first-order valence-electron chi connectivity index (χ1n) is 6.90. The summed E-state index contributed by atoms with van der Waals surface area (Å²) in [4.78, 5) is 5.12. The maximum Gasteiger partial charge on any atom is 0.0399 e. The fraction of sp³-hybridized carbons (Fsp3) is 0.600.